The molecule has 1 aromatic carbocycles. The van der Waals surface area contributed by atoms with Gasteiger partial charge in [-0.15, -0.1) is 0 Å². The van der Waals surface area contributed by atoms with Gasteiger partial charge in [-0.05, 0) is 30.5 Å². The van der Waals surface area contributed by atoms with Crippen molar-refractivity contribution < 1.29 is 19.2 Å². The molecule has 1 saturated carbocycles. The Morgan fingerprint density at radius 3 is 1.96 bits per heavy atom. The highest BCUT2D eigenvalue weighted by Crippen LogP contribution is 2.47. The molecule has 27 heavy (non-hydrogen) atoms. The smallest absolute Gasteiger partial charge is 0.253 e. The van der Waals surface area contributed by atoms with Crippen molar-refractivity contribution >= 4 is 75.1 Å². The number of ketones is 4. The molecule has 1 aromatic rings. The first-order chi connectivity index (χ1) is 12.6. The summed E-state index contributed by atoms with van der Waals surface area (Å²) >= 11 is 23.0. The lowest BCUT2D eigenvalue weighted by molar-refractivity contribution is -0.148. The molecule has 0 saturated heterocycles. The molecular formula is C19H14Cl4O4. The Morgan fingerprint density at radius 1 is 0.889 bits per heavy atom. The number of Topliss-reactive ketones (excluding diaryl/α,β-unsaturated/α-hetero) is 4. The van der Waals surface area contributed by atoms with E-state index >= 15 is 0 Å². The lowest BCUT2D eigenvalue weighted by Crippen LogP contribution is -2.51. The fraction of sp³-hybridized carbons (Fsp3) is 0.368. The Balaban J connectivity index is 2.29. The van der Waals surface area contributed by atoms with Gasteiger partial charge >= 0.3 is 0 Å². The molecule has 0 unspecified atom stereocenters. The minimum Gasteiger partial charge on any atom is -0.293 e. The molecule has 0 N–H and O–H groups in total. The van der Waals surface area contributed by atoms with Gasteiger partial charge in [0, 0.05) is 10.6 Å². The second-order valence-electron chi connectivity index (χ2n) is 6.71. The summed E-state index contributed by atoms with van der Waals surface area (Å²) in [7, 11) is 0. The van der Waals surface area contributed by atoms with Crippen LogP contribution in [0.5, 0.6) is 0 Å². The summed E-state index contributed by atoms with van der Waals surface area (Å²) in [5.41, 5.74) is -1.99. The summed E-state index contributed by atoms with van der Waals surface area (Å²) in [5, 5.41) is 0.409. The third-order valence-electron chi connectivity index (χ3n) is 5.10. The molecule has 2 aliphatic carbocycles. The lowest BCUT2D eigenvalue weighted by Gasteiger charge is -2.38. The summed E-state index contributed by atoms with van der Waals surface area (Å²) < 4.78 is -2.47. The van der Waals surface area contributed by atoms with Gasteiger partial charge in [0.25, 0.3) is 3.79 Å². The Kier molecular flexibility index (Phi) is 5.57. The monoisotopic (exact) mass is 446 g/mol. The molecule has 8 heteroatoms. The summed E-state index contributed by atoms with van der Waals surface area (Å²) in [5.74, 6) is -3.71. The largest absolute Gasteiger partial charge is 0.293 e. The van der Waals surface area contributed by atoms with Crippen LogP contribution < -0.4 is 0 Å². The van der Waals surface area contributed by atoms with Crippen molar-refractivity contribution in [3.05, 3.63) is 40.4 Å². The molecule has 0 radical (unpaired) electrons. The standard InChI is InChI=1S/C19H14Cl4O4/c20-11-6-4-10(5-7-11)12-13(16(26)19(21,22)23)14(24)17(27)18(15(12)25)8-2-1-3-9-18/h4-7H,1-3,8-9H2. The zero-order valence-corrected chi connectivity index (χ0v) is 17.0. The molecule has 0 atom stereocenters. The highest BCUT2D eigenvalue weighted by Gasteiger charge is 2.57. The van der Waals surface area contributed by atoms with Crippen LogP contribution in [-0.2, 0) is 19.2 Å². The van der Waals surface area contributed by atoms with Crippen molar-refractivity contribution in [3.63, 3.8) is 0 Å². The number of hydrogen-bond donors (Lipinski definition) is 0. The van der Waals surface area contributed by atoms with Crippen molar-refractivity contribution in [1.82, 2.24) is 0 Å². The average molecular weight is 448 g/mol. The van der Waals surface area contributed by atoms with E-state index in [2.05, 4.69) is 0 Å². The zero-order chi connectivity index (χ0) is 20.0. The molecule has 2 aliphatic rings. The minimum atomic E-state index is -2.47. The average Bonchev–Trinajstić information content (AvgIpc) is 2.63. The van der Waals surface area contributed by atoms with E-state index in [0.29, 0.717) is 17.9 Å². The van der Waals surface area contributed by atoms with E-state index in [1.807, 2.05) is 0 Å². The first-order valence-electron chi connectivity index (χ1n) is 8.35. The number of halogens is 4. The van der Waals surface area contributed by atoms with Crippen LogP contribution in [-0.4, -0.2) is 26.9 Å². The van der Waals surface area contributed by atoms with Crippen molar-refractivity contribution in [3.8, 4) is 0 Å². The van der Waals surface area contributed by atoms with E-state index in [-0.39, 0.29) is 24.0 Å². The number of rotatable bonds is 2. The van der Waals surface area contributed by atoms with Crippen LogP contribution in [0.25, 0.3) is 5.57 Å². The highest BCUT2D eigenvalue weighted by molar-refractivity contribution is 6.80. The van der Waals surface area contributed by atoms with Gasteiger partial charge in [-0.3, -0.25) is 19.2 Å². The fourth-order valence-electron chi connectivity index (χ4n) is 3.76. The molecule has 3 rings (SSSR count). The molecular weight excluding hydrogens is 434 g/mol. The summed E-state index contributed by atoms with van der Waals surface area (Å²) in [4.78, 5) is 51.9. The van der Waals surface area contributed by atoms with Gasteiger partial charge < -0.3 is 0 Å². The van der Waals surface area contributed by atoms with Gasteiger partial charge in [-0.2, -0.15) is 0 Å². The molecule has 0 aliphatic heterocycles. The van der Waals surface area contributed by atoms with Crippen molar-refractivity contribution in [2.75, 3.05) is 0 Å². The third kappa shape index (κ3) is 3.49. The maximum Gasteiger partial charge on any atom is 0.253 e. The van der Waals surface area contributed by atoms with E-state index in [1.165, 1.54) is 24.3 Å². The Labute approximate surface area is 175 Å². The molecule has 142 valence electrons. The van der Waals surface area contributed by atoms with Crippen LogP contribution in [0, 0.1) is 5.41 Å². The van der Waals surface area contributed by atoms with Gasteiger partial charge in [-0.1, -0.05) is 77.8 Å². The third-order valence-corrected chi connectivity index (χ3v) is 5.87. The van der Waals surface area contributed by atoms with Gasteiger partial charge in [0.2, 0.25) is 17.3 Å². The van der Waals surface area contributed by atoms with Gasteiger partial charge in [0.05, 0.1) is 5.57 Å². The molecule has 0 amide bonds. The van der Waals surface area contributed by atoms with Crippen LogP contribution in [0.1, 0.15) is 37.7 Å². The van der Waals surface area contributed by atoms with Crippen molar-refractivity contribution in [2.45, 2.75) is 35.9 Å². The summed E-state index contributed by atoms with van der Waals surface area (Å²) in [6.45, 7) is 0. The summed E-state index contributed by atoms with van der Waals surface area (Å²) in [6.07, 6.45) is 2.70. The number of carbonyl (C=O) groups is 4. The van der Waals surface area contributed by atoms with E-state index in [4.69, 9.17) is 46.4 Å². The van der Waals surface area contributed by atoms with E-state index in [9.17, 15) is 19.2 Å². The van der Waals surface area contributed by atoms with Gasteiger partial charge in [0.1, 0.15) is 5.41 Å². The molecule has 0 aromatic heterocycles. The maximum atomic E-state index is 13.4. The Hall–Kier alpha value is -1.20. The second kappa shape index (κ2) is 7.32. The molecule has 0 bridgehead atoms. The fourth-order valence-corrected chi connectivity index (χ4v) is 4.17. The highest BCUT2D eigenvalue weighted by atomic mass is 35.6. The van der Waals surface area contributed by atoms with Crippen LogP contribution in [0.4, 0.5) is 0 Å². The van der Waals surface area contributed by atoms with Gasteiger partial charge in [0.15, 0.2) is 5.78 Å². The van der Waals surface area contributed by atoms with Crippen LogP contribution in [0.15, 0.2) is 29.8 Å². The minimum absolute atomic E-state index is 0.172. The number of allylic oxidation sites excluding steroid dienone is 2. The Morgan fingerprint density at radius 2 is 1.44 bits per heavy atom. The van der Waals surface area contributed by atoms with Gasteiger partial charge in [-0.25, -0.2) is 0 Å². The SMILES string of the molecule is O=C1C(=O)C2(CCCCC2)C(=O)C(c2ccc(Cl)cc2)=C1C(=O)C(Cl)(Cl)Cl. The quantitative estimate of drug-likeness (QED) is 0.285. The zero-order valence-electron chi connectivity index (χ0n) is 14.0. The molecule has 0 heterocycles. The first-order valence-corrected chi connectivity index (χ1v) is 9.86. The predicted molar refractivity (Wildman–Crippen MR) is 104 cm³/mol. The maximum absolute atomic E-state index is 13.4. The normalized spacial score (nSPS) is 20.4. The van der Waals surface area contributed by atoms with Crippen molar-refractivity contribution in [2.24, 2.45) is 5.41 Å². The molecule has 4 nitrogen and oxygen atoms in total. The molecule has 1 fully saturated rings. The number of hydrogen-bond acceptors (Lipinski definition) is 4. The second-order valence-corrected chi connectivity index (χ2v) is 9.43. The van der Waals surface area contributed by atoms with Crippen LogP contribution in [0.3, 0.4) is 0 Å². The van der Waals surface area contributed by atoms with E-state index in [0.717, 1.165) is 6.42 Å². The van der Waals surface area contributed by atoms with Crippen LogP contribution in [0.2, 0.25) is 5.02 Å². The topological polar surface area (TPSA) is 68.3 Å². The Bertz CT molecular complexity index is 872. The van der Waals surface area contributed by atoms with E-state index < -0.39 is 37.9 Å². The molecule has 1 spiro atoms. The number of benzene rings is 1. The first kappa shape index (κ1) is 20.5. The lowest BCUT2D eigenvalue weighted by atomic mass is 9.60. The predicted octanol–water partition coefficient (Wildman–Crippen LogP) is 4.70. The van der Waals surface area contributed by atoms with Crippen LogP contribution >= 0.6 is 46.4 Å². The summed E-state index contributed by atoms with van der Waals surface area (Å²) in [6, 6.07) is 6.04. The number of carbonyl (C=O) groups excluding carboxylic acids is 4. The number of alkyl halides is 3. The van der Waals surface area contributed by atoms with Crippen molar-refractivity contribution in [1.29, 1.82) is 0 Å². The van der Waals surface area contributed by atoms with E-state index in [1.54, 1.807) is 0 Å².